The van der Waals surface area contributed by atoms with E-state index in [1.165, 1.54) is 24.8 Å². The summed E-state index contributed by atoms with van der Waals surface area (Å²) >= 11 is 1.69. The number of unbranched alkanes of at least 4 members (excludes halogenated alkanes) is 4. The highest BCUT2D eigenvalue weighted by atomic mass is 32.2. The van der Waals surface area contributed by atoms with Gasteiger partial charge in [0, 0.05) is 10.5 Å². The first-order chi connectivity index (χ1) is 20.3. The molecule has 0 aromatic heterocycles. The van der Waals surface area contributed by atoms with E-state index in [-0.39, 0.29) is 5.97 Å². The van der Waals surface area contributed by atoms with E-state index in [4.69, 9.17) is 14.2 Å². The Kier molecular flexibility index (Phi) is 13.4. The molecule has 222 valence electrons. The molecule has 0 saturated carbocycles. The van der Waals surface area contributed by atoms with Crippen molar-refractivity contribution in [3.05, 3.63) is 101 Å². The van der Waals surface area contributed by atoms with Gasteiger partial charge in [0.1, 0.15) is 11.5 Å². The minimum absolute atomic E-state index is 0.340. The lowest BCUT2D eigenvalue weighted by atomic mass is 10.1. The summed E-state index contributed by atoms with van der Waals surface area (Å²) in [7, 11) is 0. The SMILES string of the molecule is C=C(C)C(=O)OCCCCSc1ccc(C(=O)Oc2ccc(C(=O)Oc3ccc(CCCCCC)cc3)cc2)cc1C. The van der Waals surface area contributed by atoms with Crippen molar-refractivity contribution in [2.24, 2.45) is 0 Å². The van der Waals surface area contributed by atoms with Crippen LogP contribution in [0.5, 0.6) is 11.5 Å². The van der Waals surface area contributed by atoms with Crippen LogP contribution in [-0.2, 0) is 16.0 Å². The predicted molar refractivity (Wildman–Crippen MR) is 168 cm³/mol. The van der Waals surface area contributed by atoms with Crippen LogP contribution in [0, 0.1) is 6.92 Å². The first-order valence-corrected chi connectivity index (χ1v) is 15.4. The number of aryl methyl sites for hydroxylation is 2. The molecule has 0 aliphatic carbocycles. The zero-order chi connectivity index (χ0) is 30.3. The van der Waals surface area contributed by atoms with E-state index < -0.39 is 11.9 Å². The fourth-order valence-electron chi connectivity index (χ4n) is 4.08. The average molecular weight is 589 g/mol. The number of carbonyl (C=O) groups is 3. The summed E-state index contributed by atoms with van der Waals surface area (Å²) in [6.07, 6.45) is 7.55. The van der Waals surface area contributed by atoms with E-state index in [2.05, 4.69) is 13.5 Å². The maximum absolute atomic E-state index is 12.7. The quantitative estimate of drug-likeness (QED) is 0.0545. The third kappa shape index (κ3) is 10.9. The summed E-state index contributed by atoms with van der Waals surface area (Å²) in [6.45, 7) is 9.73. The van der Waals surface area contributed by atoms with Crippen LogP contribution in [0.25, 0.3) is 0 Å². The number of hydrogen-bond acceptors (Lipinski definition) is 7. The van der Waals surface area contributed by atoms with Gasteiger partial charge in [-0.2, -0.15) is 0 Å². The van der Waals surface area contributed by atoms with E-state index in [0.29, 0.717) is 34.8 Å². The second-order valence-electron chi connectivity index (χ2n) is 10.2. The first-order valence-electron chi connectivity index (χ1n) is 14.5. The molecular weight excluding hydrogens is 548 g/mol. The predicted octanol–water partition coefficient (Wildman–Crippen LogP) is 8.55. The first kappa shape index (κ1) is 32.7. The highest BCUT2D eigenvalue weighted by Crippen LogP contribution is 2.25. The number of rotatable bonds is 16. The Morgan fingerprint density at radius 2 is 1.38 bits per heavy atom. The van der Waals surface area contributed by atoms with Crippen molar-refractivity contribution in [1.82, 2.24) is 0 Å². The molecule has 6 nitrogen and oxygen atoms in total. The van der Waals surface area contributed by atoms with Crippen molar-refractivity contribution in [3.8, 4) is 11.5 Å². The van der Waals surface area contributed by atoms with E-state index in [9.17, 15) is 14.4 Å². The van der Waals surface area contributed by atoms with Gasteiger partial charge in [0.15, 0.2) is 0 Å². The third-order valence-corrected chi connectivity index (χ3v) is 7.80. The molecule has 0 fully saturated rings. The Hall–Kier alpha value is -3.84. The smallest absolute Gasteiger partial charge is 0.343 e. The molecule has 0 bridgehead atoms. The van der Waals surface area contributed by atoms with Crippen LogP contribution in [0.3, 0.4) is 0 Å². The summed E-state index contributed by atoms with van der Waals surface area (Å²) in [4.78, 5) is 37.8. The molecule has 0 aliphatic rings. The van der Waals surface area contributed by atoms with Crippen molar-refractivity contribution >= 4 is 29.7 Å². The second kappa shape index (κ2) is 17.2. The van der Waals surface area contributed by atoms with Crippen LogP contribution in [0.15, 0.2) is 83.8 Å². The van der Waals surface area contributed by atoms with Crippen LogP contribution in [0.2, 0.25) is 0 Å². The zero-order valence-electron chi connectivity index (χ0n) is 24.8. The minimum Gasteiger partial charge on any atom is -0.462 e. The van der Waals surface area contributed by atoms with E-state index >= 15 is 0 Å². The normalized spacial score (nSPS) is 10.6. The van der Waals surface area contributed by atoms with Gasteiger partial charge in [-0.15, -0.1) is 11.8 Å². The molecule has 3 rings (SSSR count). The van der Waals surface area contributed by atoms with Crippen LogP contribution in [-0.4, -0.2) is 30.3 Å². The maximum atomic E-state index is 12.7. The Morgan fingerprint density at radius 1 is 0.762 bits per heavy atom. The van der Waals surface area contributed by atoms with Crippen molar-refractivity contribution in [2.75, 3.05) is 12.4 Å². The molecule has 3 aromatic carbocycles. The fraction of sp³-hybridized carbons (Fsp3) is 0.343. The van der Waals surface area contributed by atoms with Crippen LogP contribution < -0.4 is 9.47 Å². The number of esters is 3. The average Bonchev–Trinajstić information content (AvgIpc) is 2.98. The third-order valence-electron chi connectivity index (χ3n) is 6.54. The van der Waals surface area contributed by atoms with Crippen molar-refractivity contribution < 1.29 is 28.6 Å². The summed E-state index contributed by atoms with van der Waals surface area (Å²) in [5.74, 6) is 0.402. The van der Waals surface area contributed by atoms with Gasteiger partial charge in [-0.1, -0.05) is 44.9 Å². The monoisotopic (exact) mass is 588 g/mol. The molecule has 42 heavy (non-hydrogen) atoms. The van der Waals surface area contributed by atoms with Crippen molar-refractivity contribution in [2.45, 2.75) is 70.6 Å². The van der Waals surface area contributed by atoms with Gasteiger partial charge in [-0.3, -0.25) is 0 Å². The van der Waals surface area contributed by atoms with Gasteiger partial charge in [-0.25, -0.2) is 14.4 Å². The van der Waals surface area contributed by atoms with Crippen LogP contribution in [0.4, 0.5) is 0 Å². The van der Waals surface area contributed by atoms with Crippen LogP contribution in [0.1, 0.15) is 84.2 Å². The molecule has 0 heterocycles. The number of ether oxygens (including phenoxy) is 3. The Bertz CT molecular complexity index is 1340. The molecule has 0 radical (unpaired) electrons. The summed E-state index contributed by atoms with van der Waals surface area (Å²) in [5, 5.41) is 0. The lowest BCUT2D eigenvalue weighted by molar-refractivity contribution is -0.139. The molecule has 0 saturated heterocycles. The fourth-order valence-corrected chi connectivity index (χ4v) is 5.10. The van der Waals surface area contributed by atoms with Gasteiger partial charge >= 0.3 is 17.9 Å². The molecular formula is C35H40O6S. The summed E-state index contributed by atoms with van der Waals surface area (Å²) < 4.78 is 16.1. The number of thioether (sulfide) groups is 1. The van der Waals surface area contributed by atoms with E-state index in [1.807, 2.05) is 43.3 Å². The molecule has 0 aliphatic heterocycles. The van der Waals surface area contributed by atoms with Gasteiger partial charge in [0.2, 0.25) is 0 Å². The largest absolute Gasteiger partial charge is 0.462 e. The van der Waals surface area contributed by atoms with Crippen molar-refractivity contribution in [3.63, 3.8) is 0 Å². The Balaban J connectivity index is 1.44. The van der Waals surface area contributed by atoms with Crippen LogP contribution >= 0.6 is 11.8 Å². The summed E-state index contributed by atoms with van der Waals surface area (Å²) in [6, 6.07) is 19.4. The number of carbonyl (C=O) groups excluding carboxylic acids is 3. The molecule has 0 amide bonds. The lowest BCUT2D eigenvalue weighted by Gasteiger charge is -2.10. The molecule has 0 unspecified atom stereocenters. The zero-order valence-corrected chi connectivity index (χ0v) is 25.6. The number of hydrogen-bond donors (Lipinski definition) is 0. The highest BCUT2D eigenvalue weighted by Gasteiger charge is 2.13. The lowest BCUT2D eigenvalue weighted by Crippen LogP contribution is -2.10. The van der Waals surface area contributed by atoms with Gasteiger partial charge < -0.3 is 14.2 Å². The Morgan fingerprint density at radius 3 is 2.00 bits per heavy atom. The molecule has 7 heteroatoms. The number of benzene rings is 3. The van der Waals surface area contributed by atoms with E-state index in [0.717, 1.165) is 41.9 Å². The molecule has 0 N–H and O–H groups in total. The van der Waals surface area contributed by atoms with Crippen molar-refractivity contribution in [1.29, 1.82) is 0 Å². The maximum Gasteiger partial charge on any atom is 0.343 e. The Labute approximate surface area is 253 Å². The topological polar surface area (TPSA) is 78.9 Å². The minimum atomic E-state index is -0.473. The molecule has 3 aromatic rings. The van der Waals surface area contributed by atoms with Gasteiger partial charge in [0.25, 0.3) is 0 Å². The molecule has 0 spiro atoms. The molecule has 0 atom stereocenters. The standard InChI is InChI=1S/C35H40O6S/c1-5-6-7-8-11-27-12-17-30(18-13-27)40-34(37)28-14-19-31(20-15-28)41-35(38)29-16-21-32(26(4)24-29)42-23-10-9-22-39-33(36)25(2)3/h12-21,24H,2,5-11,22-23H2,1,3-4H3. The second-order valence-corrected chi connectivity index (χ2v) is 11.3. The van der Waals surface area contributed by atoms with E-state index in [1.54, 1.807) is 49.0 Å². The summed E-state index contributed by atoms with van der Waals surface area (Å²) in [5.41, 5.74) is 3.42. The van der Waals surface area contributed by atoms with Gasteiger partial charge in [0.05, 0.1) is 17.7 Å². The van der Waals surface area contributed by atoms with Gasteiger partial charge in [-0.05, 0) is 111 Å². The highest BCUT2D eigenvalue weighted by molar-refractivity contribution is 7.99.